The smallest absolute Gasteiger partial charge is 0.227 e. The average molecular weight is 231 g/mol. The summed E-state index contributed by atoms with van der Waals surface area (Å²) in [6, 6.07) is 8.56. The number of rotatable bonds is 3. The van der Waals surface area contributed by atoms with Gasteiger partial charge in [-0.15, -0.1) is 0 Å². The third-order valence-corrected chi connectivity index (χ3v) is 2.91. The quantitative estimate of drug-likeness (QED) is 0.819. The van der Waals surface area contributed by atoms with Crippen molar-refractivity contribution in [2.75, 3.05) is 11.9 Å². The second-order valence-electron chi connectivity index (χ2n) is 4.25. The first-order valence-electron chi connectivity index (χ1n) is 5.71. The highest BCUT2D eigenvalue weighted by atomic mass is 16.2. The van der Waals surface area contributed by atoms with E-state index in [0.717, 1.165) is 17.7 Å². The number of fused-ring (bicyclic) bond motifs is 1. The van der Waals surface area contributed by atoms with Crippen LogP contribution in [0.5, 0.6) is 0 Å². The minimum atomic E-state index is -0.0647. The number of hydrogen-bond acceptors (Lipinski definition) is 2. The van der Waals surface area contributed by atoms with Gasteiger partial charge in [-0.2, -0.15) is 0 Å². The lowest BCUT2D eigenvalue weighted by molar-refractivity contribution is -0.121. The summed E-state index contributed by atoms with van der Waals surface area (Å²) in [7, 11) is 0. The Morgan fingerprint density at radius 2 is 2.47 bits per heavy atom. The van der Waals surface area contributed by atoms with Crippen LogP contribution in [-0.2, 0) is 16.0 Å². The molecule has 0 bridgehead atoms. The predicted octanol–water partition coefficient (Wildman–Crippen LogP) is 1.12. The lowest BCUT2D eigenvalue weighted by Gasteiger charge is -2.24. The number of anilines is 1. The van der Waals surface area contributed by atoms with Gasteiger partial charge in [-0.05, 0) is 36.6 Å². The van der Waals surface area contributed by atoms with E-state index in [4.69, 9.17) is 0 Å². The van der Waals surface area contributed by atoms with Crippen molar-refractivity contribution in [2.24, 2.45) is 5.92 Å². The van der Waals surface area contributed by atoms with E-state index in [1.54, 1.807) is 6.07 Å². The van der Waals surface area contributed by atoms with Crippen LogP contribution in [0.25, 0.3) is 0 Å². The van der Waals surface area contributed by atoms with Crippen molar-refractivity contribution in [2.45, 2.75) is 19.8 Å². The maximum absolute atomic E-state index is 11.8. The molecule has 2 N–H and O–H groups in total. The molecule has 89 valence electrons. The Morgan fingerprint density at radius 1 is 1.65 bits per heavy atom. The number of carbonyl (C=O) groups excluding carboxylic acids is 2. The largest absolute Gasteiger partial charge is 0.356 e. The summed E-state index contributed by atoms with van der Waals surface area (Å²) in [4.78, 5) is 22.5. The molecule has 2 amide bonds. The zero-order chi connectivity index (χ0) is 12.3. The van der Waals surface area contributed by atoms with Gasteiger partial charge >= 0.3 is 0 Å². The molecule has 1 heterocycles. The first-order valence-corrected chi connectivity index (χ1v) is 5.71. The lowest BCUT2D eigenvalue weighted by atomic mass is 9.91. The van der Waals surface area contributed by atoms with Crippen molar-refractivity contribution < 1.29 is 9.59 Å². The van der Waals surface area contributed by atoms with Gasteiger partial charge in [-0.1, -0.05) is 6.07 Å². The van der Waals surface area contributed by atoms with E-state index in [2.05, 4.69) is 16.7 Å². The number of benzene rings is 1. The van der Waals surface area contributed by atoms with Gasteiger partial charge < -0.3 is 10.6 Å². The molecule has 2 rings (SSSR count). The molecule has 1 radical (unpaired) electrons. The summed E-state index contributed by atoms with van der Waals surface area (Å²) < 4.78 is 0. The van der Waals surface area contributed by atoms with Crippen molar-refractivity contribution in [1.29, 1.82) is 0 Å². The van der Waals surface area contributed by atoms with Crippen LogP contribution in [0.3, 0.4) is 0 Å². The summed E-state index contributed by atoms with van der Waals surface area (Å²) in [6.45, 7) is 2.02. The minimum Gasteiger partial charge on any atom is -0.356 e. The molecule has 0 spiro atoms. The van der Waals surface area contributed by atoms with Gasteiger partial charge in [0.1, 0.15) is 0 Å². The Bertz CT molecular complexity index is 443. The van der Waals surface area contributed by atoms with Crippen LogP contribution in [0.15, 0.2) is 18.2 Å². The molecule has 1 aromatic carbocycles. The van der Waals surface area contributed by atoms with E-state index in [-0.39, 0.29) is 17.7 Å². The van der Waals surface area contributed by atoms with Gasteiger partial charge in [0.15, 0.2) is 0 Å². The Balaban J connectivity index is 1.98. The van der Waals surface area contributed by atoms with E-state index in [9.17, 15) is 9.59 Å². The zero-order valence-corrected chi connectivity index (χ0v) is 9.75. The number of hydrogen-bond donors (Lipinski definition) is 2. The van der Waals surface area contributed by atoms with E-state index in [1.165, 1.54) is 6.92 Å². The van der Waals surface area contributed by atoms with E-state index < -0.39 is 0 Å². The van der Waals surface area contributed by atoms with E-state index >= 15 is 0 Å². The van der Waals surface area contributed by atoms with Crippen LogP contribution < -0.4 is 10.6 Å². The standard InChI is InChI=1S/C13H15N2O2/c1-9(16)14-7-6-11-8-10-4-2-3-5-12(10)15-13(11)17/h3-5,11H,6-8H2,1H3,(H,14,16)(H,15,17). The second-order valence-corrected chi connectivity index (χ2v) is 4.25. The summed E-state index contributed by atoms with van der Waals surface area (Å²) in [5, 5.41) is 5.59. The second kappa shape index (κ2) is 4.99. The van der Waals surface area contributed by atoms with Gasteiger partial charge in [0, 0.05) is 25.1 Å². The molecular formula is C13H15N2O2. The minimum absolute atomic E-state index is 0.0362. The molecule has 1 aromatic rings. The number of amides is 2. The fraction of sp³-hybridized carbons (Fsp3) is 0.385. The summed E-state index contributed by atoms with van der Waals surface area (Å²) in [6.07, 6.45) is 1.39. The van der Waals surface area contributed by atoms with Crippen LogP contribution in [0, 0.1) is 12.0 Å². The van der Waals surface area contributed by atoms with Gasteiger partial charge in [0.05, 0.1) is 0 Å². The first kappa shape index (κ1) is 11.6. The monoisotopic (exact) mass is 231 g/mol. The molecule has 1 unspecified atom stereocenters. The van der Waals surface area contributed by atoms with Crippen LogP contribution in [0.4, 0.5) is 5.69 Å². The average Bonchev–Trinajstić information content (AvgIpc) is 2.29. The zero-order valence-electron chi connectivity index (χ0n) is 9.75. The topological polar surface area (TPSA) is 58.2 Å². The Labute approximate surface area is 100 Å². The third kappa shape index (κ3) is 2.84. The number of nitrogens with one attached hydrogen (secondary N) is 2. The molecule has 0 fully saturated rings. The molecule has 1 atom stereocenters. The van der Waals surface area contributed by atoms with Crippen LogP contribution in [0.2, 0.25) is 0 Å². The normalized spacial score (nSPS) is 18.2. The molecule has 17 heavy (non-hydrogen) atoms. The van der Waals surface area contributed by atoms with E-state index in [0.29, 0.717) is 13.0 Å². The highest BCUT2D eigenvalue weighted by molar-refractivity contribution is 5.95. The lowest BCUT2D eigenvalue weighted by Crippen LogP contribution is -2.33. The van der Waals surface area contributed by atoms with Crippen molar-refractivity contribution in [3.05, 3.63) is 29.8 Å². The third-order valence-electron chi connectivity index (χ3n) is 2.91. The highest BCUT2D eigenvalue weighted by Crippen LogP contribution is 2.26. The Hall–Kier alpha value is -1.84. The van der Waals surface area contributed by atoms with E-state index in [1.807, 2.05) is 12.1 Å². The first-order chi connectivity index (χ1) is 8.16. The molecule has 0 aromatic heterocycles. The molecule has 4 nitrogen and oxygen atoms in total. The van der Waals surface area contributed by atoms with Crippen molar-refractivity contribution in [3.63, 3.8) is 0 Å². The van der Waals surface area contributed by atoms with Gasteiger partial charge in [0.25, 0.3) is 0 Å². The maximum atomic E-state index is 11.8. The highest BCUT2D eigenvalue weighted by Gasteiger charge is 2.25. The molecule has 0 saturated heterocycles. The Kier molecular flexibility index (Phi) is 3.42. The van der Waals surface area contributed by atoms with Gasteiger partial charge in [-0.25, -0.2) is 0 Å². The summed E-state index contributed by atoms with van der Waals surface area (Å²) in [5.74, 6) is -0.0887. The molecule has 0 saturated carbocycles. The summed E-state index contributed by atoms with van der Waals surface area (Å²) >= 11 is 0. The van der Waals surface area contributed by atoms with Crippen molar-refractivity contribution in [3.8, 4) is 0 Å². The maximum Gasteiger partial charge on any atom is 0.227 e. The fourth-order valence-corrected chi connectivity index (χ4v) is 2.00. The van der Waals surface area contributed by atoms with Gasteiger partial charge in [-0.3, -0.25) is 9.59 Å². The molecule has 4 heteroatoms. The summed E-state index contributed by atoms with van der Waals surface area (Å²) in [5.41, 5.74) is 1.99. The van der Waals surface area contributed by atoms with Crippen molar-refractivity contribution >= 4 is 17.5 Å². The van der Waals surface area contributed by atoms with Crippen LogP contribution in [-0.4, -0.2) is 18.4 Å². The van der Waals surface area contributed by atoms with Crippen molar-refractivity contribution in [1.82, 2.24) is 5.32 Å². The molecule has 1 aliphatic heterocycles. The predicted molar refractivity (Wildman–Crippen MR) is 64.4 cm³/mol. The molecule has 1 aliphatic rings. The SMILES string of the molecule is CC(=O)NCCC1Cc2c[c]ccc2NC1=O. The number of carbonyl (C=O) groups is 2. The van der Waals surface area contributed by atoms with Crippen LogP contribution >= 0.6 is 0 Å². The van der Waals surface area contributed by atoms with Crippen LogP contribution in [0.1, 0.15) is 18.9 Å². The van der Waals surface area contributed by atoms with Gasteiger partial charge in [0.2, 0.25) is 11.8 Å². The molecule has 0 aliphatic carbocycles. The fourth-order valence-electron chi connectivity index (χ4n) is 2.00. The Morgan fingerprint density at radius 3 is 3.24 bits per heavy atom. The molecular weight excluding hydrogens is 216 g/mol.